The van der Waals surface area contributed by atoms with E-state index in [-0.39, 0.29) is 11.4 Å². The normalized spacial score (nSPS) is 10.4. The van der Waals surface area contributed by atoms with Crippen molar-refractivity contribution in [2.24, 2.45) is 0 Å². The molecule has 2 heterocycles. The molecule has 0 radical (unpaired) electrons. The highest BCUT2D eigenvalue weighted by molar-refractivity contribution is 7.19. The molecular formula is C15H7FN2O3S. The van der Waals surface area contributed by atoms with Crippen molar-refractivity contribution in [1.29, 1.82) is 0 Å². The van der Waals surface area contributed by atoms with E-state index in [0.29, 0.717) is 20.8 Å². The predicted molar refractivity (Wildman–Crippen MR) is 80.7 cm³/mol. The van der Waals surface area contributed by atoms with Crippen LogP contribution in [-0.2, 0) is 0 Å². The number of nitro groups is 1. The third kappa shape index (κ3) is 2.47. The number of ether oxygens (including phenoxy) is 1. The fraction of sp³-hybridized carbons (Fsp3) is 0. The van der Waals surface area contributed by atoms with E-state index in [1.54, 1.807) is 12.1 Å². The zero-order valence-corrected chi connectivity index (χ0v) is 11.8. The first-order valence-corrected chi connectivity index (χ1v) is 6.87. The summed E-state index contributed by atoms with van der Waals surface area (Å²) in [7, 11) is 0. The van der Waals surface area contributed by atoms with Crippen molar-refractivity contribution < 1.29 is 14.1 Å². The monoisotopic (exact) mass is 314 g/mol. The van der Waals surface area contributed by atoms with Gasteiger partial charge in [-0.25, -0.2) is 4.39 Å². The van der Waals surface area contributed by atoms with Gasteiger partial charge >= 0.3 is 0 Å². The average molecular weight is 314 g/mol. The molecule has 0 amide bonds. The summed E-state index contributed by atoms with van der Waals surface area (Å²) in [6.45, 7) is 0. The number of fused-ring (bicyclic) bond motifs is 1. The molecule has 5 nitrogen and oxygen atoms in total. The van der Waals surface area contributed by atoms with Crippen molar-refractivity contribution in [3.63, 3.8) is 0 Å². The second-order valence-electron chi connectivity index (χ2n) is 4.25. The highest BCUT2D eigenvalue weighted by Gasteiger charge is 2.14. The number of benzene rings is 1. The number of non-ortho nitro benzene ring substituents is 1. The summed E-state index contributed by atoms with van der Waals surface area (Å²) in [5.74, 6) is 1.99. The Hall–Kier alpha value is -2.98. The number of terminal acetylenes is 1. The van der Waals surface area contributed by atoms with Gasteiger partial charge in [0.1, 0.15) is 5.75 Å². The summed E-state index contributed by atoms with van der Waals surface area (Å²) in [6, 6.07) is 6.53. The van der Waals surface area contributed by atoms with Crippen LogP contribution in [0.2, 0.25) is 0 Å². The zero-order valence-electron chi connectivity index (χ0n) is 10.9. The number of aromatic nitrogens is 1. The van der Waals surface area contributed by atoms with Gasteiger partial charge in [0.15, 0.2) is 11.6 Å². The van der Waals surface area contributed by atoms with E-state index >= 15 is 0 Å². The molecule has 0 aliphatic carbocycles. The quantitative estimate of drug-likeness (QED) is 0.414. The van der Waals surface area contributed by atoms with Gasteiger partial charge in [-0.15, -0.1) is 17.8 Å². The molecule has 22 heavy (non-hydrogen) atoms. The van der Waals surface area contributed by atoms with Gasteiger partial charge in [0.25, 0.3) is 5.69 Å². The number of pyridine rings is 1. The van der Waals surface area contributed by atoms with Crippen LogP contribution in [0.1, 0.15) is 4.88 Å². The van der Waals surface area contributed by atoms with Crippen LogP contribution in [0, 0.1) is 28.3 Å². The zero-order chi connectivity index (χ0) is 15.7. The number of hydrogen-bond acceptors (Lipinski definition) is 5. The van der Waals surface area contributed by atoms with E-state index in [1.165, 1.54) is 29.7 Å². The summed E-state index contributed by atoms with van der Waals surface area (Å²) >= 11 is 1.30. The van der Waals surface area contributed by atoms with Crippen molar-refractivity contribution in [2.75, 3.05) is 0 Å². The summed E-state index contributed by atoms with van der Waals surface area (Å²) in [6.07, 6.45) is 6.88. The van der Waals surface area contributed by atoms with Crippen LogP contribution in [0.25, 0.3) is 10.2 Å². The van der Waals surface area contributed by atoms with E-state index in [0.717, 1.165) is 6.07 Å². The van der Waals surface area contributed by atoms with Crippen molar-refractivity contribution in [3.05, 3.63) is 57.3 Å². The highest BCUT2D eigenvalue weighted by atomic mass is 32.1. The molecule has 0 spiro atoms. The first kappa shape index (κ1) is 14.0. The maximum absolute atomic E-state index is 13.9. The summed E-state index contributed by atoms with van der Waals surface area (Å²) in [5, 5.41) is 10.6. The minimum atomic E-state index is -0.812. The lowest BCUT2D eigenvalue weighted by Crippen LogP contribution is -1.92. The van der Waals surface area contributed by atoms with E-state index in [1.807, 2.05) is 0 Å². The average Bonchev–Trinajstić information content (AvgIpc) is 2.93. The van der Waals surface area contributed by atoms with Crippen molar-refractivity contribution in [1.82, 2.24) is 4.98 Å². The summed E-state index contributed by atoms with van der Waals surface area (Å²) in [5.41, 5.74) is 0.313. The Labute approximate surface area is 128 Å². The Morgan fingerprint density at radius 2 is 2.14 bits per heavy atom. The maximum atomic E-state index is 13.9. The second-order valence-corrected chi connectivity index (χ2v) is 5.30. The van der Waals surface area contributed by atoms with Gasteiger partial charge in [-0.05, 0) is 12.1 Å². The number of rotatable bonds is 3. The number of nitro benzene ring substituents is 1. The fourth-order valence-corrected chi connectivity index (χ4v) is 2.75. The molecule has 0 aliphatic heterocycles. The van der Waals surface area contributed by atoms with Gasteiger partial charge in [-0.2, -0.15) is 0 Å². The molecule has 7 heteroatoms. The molecule has 3 aromatic rings. The lowest BCUT2D eigenvalue weighted by atomic mass is 10.3. The standard InChI is InChI=1S/C15H7FN2O3S/c1-2-10-8-12-15(22-10)14(5-6-17-12)21-13-4-3-9(18(19)20)7-11(13)16/h1,3-8H. The van der Waals surface area contributed by atoms with Crippen LogP contribution in [0.3, 0.4) is 0 Å². The Morgan fingerprint density at radius 1 is 1.32 bits per heavy atom. The lowest BCUT2D eigenvalue weighted by molar-refractivity contribution is -0.385. The Bertz CT molecular complexity index is 930. The van der Waals surface area contributed by atoms with E-state index < -0.39 is 10.7 Å². The molecule has 3 rings (SSSR count). The topological polar surface area (TPSA) is 65.3 Å². The van der Waals surface area contributed by atoms with Gasteiger partial charge in [-0.3, -0.25) is 15.1 Å². The van der Waals surface area contributed by atoms with Gasteiger partial charge in [-0.1, -0.05) is 5.92 Å². The number of halogens is 1. The van der Waals surface area contributed by atoms with Crippen LogP contribution in [0.5, 0.6) is 11.5 Å². The van der Waals surface area contributed by atoms with Crippen LogP contribution in [0.15, 0.2) is 36.5 Å². The smallest absolute Gasteiger partial charge is 0.272 e. The first-order chi connectivity index (χ1) is 10.6. The predicted octanol–water partition coefficient (Wildman–Crippen LogP) is 4.12. The van der Waals surface area contributed by atoms with Gasteiger partial charge in [0.05, 0.1) is 26.1 Å². The van der Waals surface area contributed by atoms with Crippen molar-refractivity contribution >= 4 is 27.2 Å². The molecule has 0 atom stereocenters. The minimum absolute atomic E-state index is 0.103. The summed E-state index contributed by atoms with van der Waals surface area (Å²) < 4.78 is 20.1. The number of thiophene rings is 1. The van der Waals surface area contributed by atoms with Gasteiger partial charge in [0.2, 0.25) is 0 Å². The number of nitrogens with zero attached hydrogens (tertiary/aromatic N) is 2. The maximum Gasteiger partial charge on any atom is 0.272 e. The second kappa shape index (κ2) is 5.42. The van der Waals surface area contributed by atoms with E-state index in [2.05, 4.69) is 10.9 Å². The molecule has 0 unspecified atom stereocenters. The van der Waals surface area contributed by atoms with Crippen LogP contribution < -0.4 is 4.74 Å². The molecule has 0 saturated carbocycles. The largest absolute Gasteiger partial charge is 0.453 e. The molecule has 2 aromatic heterocycles. The minimum Gasteiger partial charge on any atom is -0.453 e. The van der Waals surface area contributed by atoms with Crippen LogP contribution in [-0.4, -0.2) is 9.91 Å². The van der Waals surface area contributed by atoms with Crippen molar-refractivity contribution in [3.8, 4) is 23.8 Å². The molecule has 0 bridgehead atoms. The number of hydrogen-bond donors (Lipinski definition) is 0. The van der Waals surface area contributed by atoms with E-state index in [4.69, 9.17) is 11.2 Å². The van der Waals surface area contributed by atoms with E-state index in [9.17, 15) is 14.5 Å². The molecule has 108 valence electrons. The van der Waals surface area contributed by atoms with Crippen LogP contribution in [0.4, 0.5) is 10.1 Å². The Morgan fingerprint density at radius 3 is 2.82 bits per heavy atom. The Kier molecular flexibility index (Phi) is 3.45. The lowest BCUT2D eigenvalue weighted by Gasteiger charge is -2.07. The fourth-order valence-electron chi connectivity index (χ4n) is 1.87. The molecule has 0 saturated heterocycles. The molecule has 1 aromatic carbocycles. The molecule has 0 N–H and O–H groups in total. The molecule has 0 fully saturated rings. The summed E-state index contributed by atoms with van der Waals surface area (Å²) in [4.78, 5) is 14.8. The van der Waals surface area contributed by atoms with Gasteiger partial charge < -0.3 is 4.74 Å². The third-order valence-electron chi connectivity index (χ3n) is 2.86. The first-order valence-electron chi connectivity index (χ1n) is 6.05. The Balaban J connectivity index is 2.02. The molecular weight excluding hydrogens is 307 g/mol. The SMILES string of the molecule is C#Cc1cc2nccc(Oc3ccc([N+](=O)[O-])cc3F)c2s1. The van der Waals surface area contributed by atoms with Crippen molar-refractivity contribution in [2.45, 2.75) is 0 Å². The van der Waals surface area contributed by atoms with Crippen LogP contribution >= 0.6 is 11.3 Å². The van der Waals surface area contributed by atoms with Gasteiger partial charge in [0, 0.05) is 18.3 Å². The highest BCUT2D eigenvalue weighted by Crippen LogP contribution is 2.35. The molecule has 0 aliphatic rings. The third-order valence-corrected chi connectivity index (χ3v) is 3.93.